The average molecular weight is 345 g/mol. The minimum Gasteiger partial charge on any atom is -0.469 e. The van der Waals surface area contributed by atoms with Crippen molar-refractivity contribution in [1.29, 1.82) is 0 Å². The molecule has 0 radical (unpaired) electrons. The molecule has 0 rings (SSSR count). The van der Waals surface area contributed by atoms with Crippen molar-refractivity contribution in [2.24, 2.45) is 0 Å². The monoisotopic (exact) mass is 344 g/mol. The van der Waals surface area contributed by atoms with Crippen molar-refractivity contribution >= 4 is 5.97 Å². The smallest absolute Gasteiger partial charge is 0.305 e. The van der Waals surface area contributed by atoms with E-state index in [1.54, 1.807) is 0 Å². The maximum atomic E-state index is 10.9. The zero-order chi connectivity index (χ0) is 18.4. The molecule has 0 unspecified atom stereocenters. The molecule has 0 aromatic heterocycles. The van der Waals surface area contributed by atoms with E-state index in [-0.39, 0.29) is 5.97 Å². The molecule has 0 atom stereocenters. The summed E-state index contributed by atoms with van der Waals surface area (Å²) in [7, 11) is 1.44. The fourth-order valence-electron chi connectivity index (χ4n) is 2.18. The summed E-state index contributed by atoms with van der Waals surface area (Å²) in [5, 5.41) is 0. The summed E-state index contributed by atoms with van der Waals surface area (Å²) in [6.07, 6.45) is 32.1. The van der Waals surface area contributed by atoms with Crippen LogP contribution in [0.5, 0.6) is 0 Å². The number of unbranched alkanes of at least 4 members (excludes halogenated alkanes) is 3. The van der Waals surface area contributed by atoms with Crippen molar-refractivity contribution < 1.29 is 9.53 Å². The van der Waals surface area contributed by atoms with Gasteiger partial charge in [0.25, 0.3) is 0 Å². The van der Waals surface area contributed by atoms with Gasteiger partial charge in [0.15, 0.2) is 0 Å². The van der Waals surface area contributed by atoms with Gasteiger partial charge in [-0.05, 0) is 51.4 Å². The fraction of sp³-hybridized carbons (Fsp3) is 0.522. The molecule has 0 saturated carbocycles. The van der Waals surface area contributed by atoms with Crippen molar-refractivity contribution in [2.75, 3.05) is 7.11 Å². The van der Waals surface area contributed by atoms with Crippen LogP contribution < -0.4 is 0 Å². The SMILES string of the molecule is CC/C=C/C/C=C/C/C=C/C/C=C/C/C=C\CCCCCC(=O)OC. The summed E-state index contributed by atoms with van der Waals surface area (Å²) < 4.78 is 4.62. The molecule has 2 nitrogen and oxygen atoms in total. The third kappa shape index (κ3) is 20.1. The van der Waals surface area contributed by atoms with Crippen LogP contribution in [-0.4, -0.2) is 13.1 Å². The number of carbonyl (C=O) groups excluding carboxylic acids is 1. The van der Waals surface area contributed by atoms with Gasteiger partial charge < -0.3 is 4.74 Å². The van der Waals surface area contributed by atoms with Crippen molar-refractivity contribution in [3.05, 3.63) is 60.8 Å². The molecule has 0 heterocycles. The Kier molecular flexibility index (Phi) is 18.7. The number of rotatable bonds is 15. The highest BCUT2D eigenvalue weighted by Gasteiger charge is 1.97. The predicted octanol–water partition coefficient (Wildman–Crippen LogP) is 6.86. The van der Waals surface area contributed by atoms with E-state index >= 15 is 0 Å². The minimum absolute atomic E-state index is 0.102. The van der Waals surface area contributed by atoms with E-state index in [0.29, 0.717) is 6.42 Å². The van der Waals surface area contributed by atoms with E-state index in [9.17, 15) is 4.79 Å². The lowest BCUT2D eigenvalue weighted by Crippen LogP contribution is -1.98. The average Bonchev–Trinajstić information content (AvgIpc) is 2.63. The summed E-state index contributed by atoms with van der Waals surface area (Å²) in [4.78, 5) is 10.9. The van der Waals surface area contributed by atoms with E-state index in [2.05, 4.69) is 72.4 Å². The van der Waals surface area contributed by atoms with Crippen LogP contribution in [0.3, 0.4) is 0 Å². The van der Waals surface area contributed by atoms with Gasteiger partial charge in [0.1, 0.15) is 0 Å². The van der Waals surface area contributed by atoms with Gasteiger partial charge in [0, 0.05) is 6.42 Å². The highest BCUT2D eigenvalue weighted by Crippen LogP contribution is 2.05. The van der Waals surface area contributed by atoms with Gasteiger partial charge in [0.05, 0.1) is 7.11 Å². The molecule has 0 saturated heterocycles. The number of hydrogen-bond donors (Lipinski definition) is 0. The lowest BCUT2D eigenvalue weighted by atomic mass is 10.1. The van der Waals surface area contributed by atoms with Crippen molar-refractivity contribution in [1.82, 2.24) is 0 Å². The van der Waals surface area contributed by atoms with E-state index in [4.69, 9.17) is 0 Å². The lowest BCUT2D eigenvalue weighted by Gasteiger charge is -1.98. The predicted molar refractivity (Wildman–Crippen MR) is 110 cm³/mol. The number of allylic oxidation sites excluding steroid dienone is 10. The standard InChI is InChI=1S/C23H36O2/c1-3-4-5-6-7-8-9-10-11-12-13-14-15-16-17-18-19-20-21-22-23(24)25-2/h4-5,7-8,10-11,13-14,16-17H,3,6,9,12,15,18-22H2,1-2H3/b5-4+,8-7+,11-10+,14-13+,17-16-. The second kappa shape index (κ2) is 20.2. The van der Waals surface area contributed by atoms with Crippen LogP contribution in [0.2, 0.25) is 0 Å². The Balaban J connectivity index is 3.43. The largest absolute Gasteiger partial charge is 0.469 e. The Hall–Kier alpha value is -1.83. The Bertz CT molecular complexity index is 439. The molecule has 0 spiro atoms. The van der Waals surface area contributed by atoms with E-state index in [0.717, 1.165) is 57.8 Å². The molecule has 0 aliphatic heterocycles. The topological polar surface area (TPSA) is 26.3 Å². The van der Waals surface area contributed by atoms with Crippen LogP contribution in [0.15, 0.2) is 60.8 Å². The molecule has 0 fully saturated rings. The Labute approximate surface area is 155 Å². The molecule has 0 bridgehead atoms. The summed E-state index contributed by atoms with van der Waals surface area (Å²) >= 11 is 0. The second-order valence-corrected chi connectivity index (χ2v) is 5.88. The van der Waals surface area contributed by atoms with Crippen LogP contribution in [0.1, 0.15) is 71.1 Å². The van der Waals surface area contributed by atoms with Crippen molar-refractivity contribution in [3.8, 4) is 0 Å². The van der Waals surface area contributed by atoms with Crippen LogP contribution in [-0.2, 0) is 9.53 Å². The van der Waals surface area contributed by atoms with Crippen LogP contribution in [0.25, 0.3) is 0 Å². The molecular formula is C23H36O2. The zero-order valence-electron chi connectivity index (χ0n) is 16.2. The molecule has 0 N–H and O–H groups in total. The first kappa shape index (κ1) is 23.2. The van der Waals surface area contributed by atoms with Gasteiger partial charge in [0.2, 0.25) is 0 Å². The summed E-state index contributed by atoms with van der Waals surface area (Å²) in [5.41, 5.74) is 0. The Morgan fingerprint density at radius 2 is 1.16 bits per heavy atom. The molecule has 2 heteroatoms. The maximum Gasteiger partial charge on any atom is 0.305 e. The van der Waals surface area contributed by atoms with Gasteiger partial charge in [-0.1, -0.05) is 74.1 Å². The summed E-state index contributed by atoms with van der Waals surface area (Å²) in [5.74, 6) is -0.102. The van der Waals surface area contributed by atoms with Crippen molar-refractivity contribution in [3.63, 3.8) is 0 Å². The Morgan fingerprint density at radius 3 is 1.64 bits per heavy atom. The first-order valence-corrected chi connectivity index (χ1v) is 9.63. The fourth-order valence-corrected chi connectivity index (χ4v) is 2.18. The molecule has 0 aromatic carbocycles. The van der Waals surface area contributed by atoms with E-state index in [1.807, 2.05) is 0 Å². The van der Waals surface area contributed by atoms with Crippen molar-refractivity contribution in [2.45, 2.75) is 71.1 Å². The zero-order valence-corrected chi connectivity index (χ0v) is 16.2. The number of ether oxygens (including phenoxy) is 1. The van der Waals surface area contributed by atoms with Gasteiger partial charge in [-0.15, -0.1) is 0 Å². The molecular weight excluding hydrogens is 308 g/mol. The first-order valence-electron chi connectivity index (χ1n) is 9.63. The van der Waals surface area contributed by atoms with E-state index < -0.39 is 0 Å². The molecule has 140 valence electrons. The molecule has 0 amide bonds. The number of esters is 1. The number of hydrogen-bond acceptors (Lipinski definition) is 2. The van der Waals surface area contributed by atoms with E-state index in [1.165, 1.54) is 7.11 Å². The quantitative estimate of drug-likeness (QED) is 0.184. The number of methoxy groups -OCH3 is 1. The maximum absolute atomic E-state index is 10.9. The summed E-state index contributed by atoms with van der Waals surface area (Å²) in [6, 6.07) is 0. The third-order valence-electron chi connectivity index (χ3n) is 3.64. The normalized spacial score (nSPS) is 12.6. The van der Waals surface area contributed by atoms with Crippen LogP contribution >= 0.6 is 0 Å². The van der Waals surface area contributed by atoms with Gasteiger partial charge >= 0.3 is 5.97 Å². The lowest BCUT2D eigenvalue weighted by molar-refractivity contribution is -0.140. The van der Waals surface area contributed by atoms with Crippen LogP contribution in [0.4, 0.5) is 0 Å². The molecule has 0 aromatic rings. The first-order chi connectivity index (χ1) is 12.3. The van der Waals surface area contributed by atoms with Gasteiger partial charge in [-0.25, -0.2) is 0 Å². The third-order valence-corrected chi connectivity index (χ3v) is 3.64. The highest BCUT2D eigenvalue weighted by atomic mass is 16.5. The minimum atomic E-state index is -0.102. The highest BCUT2D eigenvalue weighted by molar-refractivity contribution is 5.68. The second-order valence-electron chi connectivity index (χ2n) is 5.88. The molecule has 0 aliphatic rings. The van der Waals surface area contributed by atoms with Gasteiger partial charge in [-0.3, -0.25) is 4.79 Å². The molecule has 0 aliphatic carbocycles. The number of carbonyl (C=O) groups is 1. The van der Waals surface area contributed by atoms with Gasteiger partial charge in [-0.2, -0.15) is 0 Å². The molecule has 25 heavy (non-hydrogen) atoms. The summed E-state index contributed by atoms with van der Waals surface area (Å²) in [6.45, 7) is 2.15. The van der Waals surface area contributed by atoms with Crippen LogP contribution in [0, 0.1) is 0 Å². The Morgan fingerprint density at radius 1 is 0.680 bits per heavy atom.